The van der Waals surface area contributed by atoms with E-state index in [0.29, 0.717) is 38.2 Å². The number of carbonyl (C=O) groups is 2. The molecule has 6 nitrogen and oxygen atoms in total. The molecule has 1 aliphatic heterocycles. The average molecular weight is 423 g/mol. The number of aromatic nitrogens is 2. The summed E-state index contributed by atoms with van der Waals surface area (Å²) in [5.74, 6) is 0.511. The molecule has 132 valence electrons. The molecule has 0 unspecified atom stereocenters. The minimum absolute atomic E-state index is 0.0305. The summed E-state index contributed by atoms with van der Waals surface area (Å²) in [6.45, 7) is 3.14. The number of nitrogens with one attached hydrogen (secondary N) is 1. The summed E-state index contributed by atoms with van der Waals surface area (Å²) in [4.78, 5) is 35.0. The molecule has 0 aliphatic carbocycles. The van der Waals surface area contributed by atoms with Gasteiger partial charge in [0.05, 0.1) is 17.1 Å². The molecule has 2 amide bonds. The normalized spacial score (nSPS) is 15.2. The number of hydrogen-bond donors (Lipinski definition) is 1. The molecule has 1 N–H and O–H groups in total. The smallest absolute Gasteiger partial charge is 0.228 e. The number of pyridine rings is 1. The lowest BCUT2D eigenvalue weighted by Gasteiger charge is -2.31. The van der Waals surface area contributed by atoms with Crippen LogP contribution in [0.2, 0.25) is 0 Å². The van der Waals surface area contributed by atoms with Gasteiger partial charge in [-0.05, 0) is 47.8 Å². The predicted octanol–water partition coefficient (Wildman–Crippen LogP) is 3.03. The van der Waals surface area contributed by atoms with Crippen molar-refractivity contribution in [3.63, 3.8) is 0 Å². The highest BCUT2D eigenvalue weighted by Crippen LogP contribution is 2.20. The summed E-state index contributed by atoms with van der Waals surface area (Å²) in [5.41, 5.74) is 0.827. The van der Waals surface area contributed by atoms with Crippen molar-refractivity contribution in [2.75, 3.05) is 18.4 Å². The number of hydrogen-bond acceptors (Lipinski definition) is 5. The van der Waals surface area contributed by atoms with E-state index in [1.165, 1.54) is 0 Å². The highest BCUT2D eigenvalue weighted by atomic mass is 79.9. The topological polar surface area (TPSA) is 75.2 Å². The number of amides is 2. The van der Waals surface area contributed by atoms with Crippen molar-refractivity contribution in [2.24, 2.45) is 5.92 Å². The van der Waals surface area contributed by atoms with Crippen molar-refractivity contribution in [1.82, 2.24) is 14.9 Å². The van der Waals surface area contributed by atoms with Gasteiger partial charge in [0.1, 0.15) is 5.82 Å². The molecule has 1 saturated heterocycles. The Labute approximate surface area is 158 Å². The molecular formula is C17H19BrN4O2S. The molecule has 1 fully saturated rings. The molecule has 1 aliphatic rings. The van der Waals surface area contributed by atoms with E-state index >= 15 is 0 Å². The van der Waals surface area contributed by atoms with Gasteiger partial charge in [-0.2, -0.15) is 0 Å². The zero-order chi connectivity index (χ0) is 17.8. The molecule has 3 heterocycles. The minimum atomic E-state index is -0.0870. The first-order chi connectivity index (χ1) is 12.0. The van der Waals surface area contributed by atoms with E-state index in [2.05, 4.69) is 31.2 Å². The van der Waals surface area contributed by atoms with E-state index in [1.807, 2.05) is 23.3 Å². The second-order valence-electron chi connectivity index (χ2n) is 6.04. The lowest BCUT2D eigenvalue weighted by Crippen LogP contribution is -2.42. The third kappa shape index (κ3) is 4.85. The summed E-state index contributed by atoms with van der Waals surface area (Å²) in [5, 5.41) is 5.74. The monoisotopic (exact) mass is 422 g/mol. The molecule has 8 heteroatoms. The van der Waals surface area contributed by atoms with Gasteiger partial charge in [0.25, 0.3) is 0 Å². The van der Waals surface area contributed by atoms with Gasteiger partial charge < -0.3 is 10.2 Å². The molecular weight excluding hydrogens is 404 g/mol. The van der Waals surface area contributed by atoms with Crippen LogP contribution >= 0.6 is 27.3 Å². The van der Waals surface area contributed by atoms with Crippen LogP contribution in [0.15, 0.2) is 28.2 Å². The van der Waals surface area contributed by atoms with Crippen LogP contribution in [0.1, 0.15) is 23.5 Å². The number of rotatable bonds is 4. The number of anilines is 1. The molecule has 0 radical (unpaired) electrons. The third-order valence-electron chi connectivity index (χ3n) is 4.20. The van der Waals surface area contributed by atoms with Crippen molar-refractivity contribution >= 4 is 44.9 Å². The molecule has 0 saturated carbocycles. The number of aryl methyl sites for hydroxylation is 1. The van der Waals surface area contributed by atoms with E-state index < -0.39 is 0 Å². The number of carbonyl (C=O) groups excluding carboxylic acids is 2. The second-order valence-corrected chi connectivity index (χ2v) is 8.02. The SMILES string of the molecule is Cc1nc(CC(=O)N2CCC(C(=O)Nc3ccc(Br)cn3)CC2)cs1. The number of piperidine rings is 1. The van der Waals surface area contributed by atoms with Crippen molar-refractivity contribution < 1.29 is 9.59 Å². The van der Waals surface area contributed by atoms with Crippen molar-refractivity contribution in [2.45, 2.75) is 26.2 Å². The molecule has 25 heavy (non-hydrogen) atoms. The fourth-order valence-electron chi connectivity index (χ4n) is 2.83. The Hall–Kier alpha value is -1.80. The molecule has 2 aromatic heterocycles. The van der Waals surface area contributed by atoms with Gasteiger partial charge in [0, 0.05) is 35.1 Å². The maximum atomic E-state index is 12.4. The summed E-state index contributed by atoms with van der Waals surface area (Å²) in [6, 6.07) is 3.60. The third-order valence-corrected chi connectivity index (χ3v) is 5.49. The fraction of sp³-hybridized carbons (Fsp3) is 0.412. The quantitative estimate of drug-likeness (QED) is 0.821. The van der Waals surface area contributed by atoms with Crippen LogP contribution in [-0.2, 0) is 16.0 Å². The van der Waals surface area contributed by atoms with E-state index in [-0.39, 0.29) is 17.7 Å². The Kier molecular flexibility index (Phi) is 5.80. The zero-order valence-electron chi connectivity index (χ0n) is 13.9. The molecule has 3 rings (SSSR count). The van der Waals surface area contributed by atoms with Crippen LogP contribution in [0.5, 0.6) is 0 Å². The van der Waals surface area contributed by atoms with E-state index in [4.69, 9.17) is 0 Å². The summed E-state index contributed by atoms with van der Waals surface area (Å²) < 4.78 is 0.868. The van der Waals surface area contributed by atoms with Crippen LogP contribution in [0.25, 0.3) is 0 Å². The van der Waals surface area contributed by atoms with Crippen LogP contribution in [-0.4, -0.2) is 39.8 Å². The van der Waals surface area contributed by atoms with Crippen molar-refractivity contribution in [3.05, 3.63) is 38.9 Å². The average Bonchev–Trinajstić information content (AvgIpc) is 3.02. The lowest BCUT2D eigenvalue weighted by atomic mass is 9.95. The first kappa shape index (κ1) is 18.0. The van der Waals surface area contributed by atoms with Crippen molar-refractivity contribution in [3.8, 4) is 0 Å². The Morgan fingerprint density at radius 3 is 2.72 bits per heavy atom. The van der Waals surface area contributed by atoms with Crippen molar-refractivity contribution in [1.29, 1.82) is 0 Å². The largest absolute Gasteiger partial charge is 0.342 e. The van der Waals surface area contributed by atoms with Gasteiger partial charge in [0.15, 0.2) is 0 Å². The molecule has 2 aromatic rings. The van der Waals surface area contributed by atoms with E-state index in [0.717, 1.165) is 15.2 Å². The van der Waals surface area contributed by atoms with Gasteiger partial charge >= 0.3 is 0 Å². The Morgan fingerprint density at radius 2 is 2.12 bits per heavy atom. The summed E-state index contributed by atoms with van der Waals surface area (Å²) >= 11 is 4.87. The van der Waals surface area contributed by atoms with Gasteiger partial charge in [-0.3, -0.25) is 9.59 Å². The Balaban J connectivity index is 1.48. The number of halogens is 1. The number of likely N-dealkylation sites (tertiary alicyclic amines) is 1. The van der Waals surface area contributed by atoms with Crippen LogP contribution < -0.4 is 5.32 Å². The van der Waals surface area contributed by atoms with E-state index in [1.54, 1.807) is 23.6 Å². The van der Waals surface area contributed by atoms with Crippen LogP contribution in [0.3, 0.4) is 0 Å². The van der Waals surface area contributed by atoms with Crippen LogP contribution in [0, 0.1) is 12.8 Å². The van der Waals surface area contributed by atoms with Gasteiger partial charge in [0.2, 0.25) is 11.8 Å². The maximum Gasteiger partial charge on any atom is 0.228 e. The number of nitrogens with zero attached hydrogens (tertiary/aromatic N) is 3. The van der Waals surface area contributed by atoms with Gasteiger partial charge in [-0.25, -0.2) is 9.97 Å². The Bertz CT molecular complexity index is 754. The highest BCUT2D eigenvalue weighted by Gasteiger charge is 2.27. The summed E-state index contributed by atoms with van der Waals surface area (Å²) in [7, 11) is 0. The second kappa shape index (κ2) is 8.05. The molecule has 0 atom stereocenters. The van der Waals surface area contributed by atoms with Gasteiger partial charge in [-0.15, -0.1) is 11.3 Å². The lowest BCUT2D eigenvalue weighted by molar-refractivity contribution is -0.133. The molecule has 0 aromatic carbocycles. The number of thiazole rings is 1. The minimum Gasteiger partial charge on any atom is -0.342 e. The first-order valence-electron chi connectivity index (χ1n) is 8.12. The first-order valence-corrected chi connectivity index (χ1v) is 9.80. The van der Waals surface area contributed by atoms with Gasteiger partial charge in [-0.1, -0.05) is 0 Å². The standard InChI is InChI=1S/C17H19BrN4O2S/c1-11-20-14(10-25-11)8-16(23)22-6-4-12(5-7-22)17(24)21-15-3-2-13(18)9-19-15/h2-3,9-10,12H,4-8H2,1H3,(H,19,21,24). The zero-order valence-corrected chi connectivity index (χ0v) is 16.3. The predicted molar refractivity (Wildman–Crippen MR) is 100 cm³/mol. The van der Waals surface area contributed by atoms with Crippen LogP contribution in [0.4, 0.5) is 5.82 Å². The maximum absolute atomic E-state index is 12.4. The molecule has 0 bridgehead atoms. The molecule has 0 spiro atoms. The fourth-order valence-corrected chi connectivity index (χ4v) is 3.67. The van der Waals surface area contributed by atoms with E-state index in [9.17, 15) is 9.59 Å². The summed E-state index contributed by atoms with van der Waals surface area (Å²) in [6.07, 6.45) is 3.33. The Morgan fingerprint density at radius 1 is 1.36 bits per heavy atom. The highest BCUT2D eigenvalue weighted by molar-refractivity contribution is 9.10.